The van der Waals surface area contributed by atoms with E-state index in [9.17, 15) is 5.11 Å². The van der Waals surface area contributed by atoms with Gasteiger partial charge in [-0.25, -0.2) is 0 Å². The van der Waals surface area contributed by atoms with Crippen molar-refractivity contribution in [3.05, 3.63) is 60.2 Å². The normalized spacial score (nSPS) is 23.4. The first-order valence-electron chi connectivity index (χ1n) is 6.64. The largest absolute Gasteiger partial charge is 0.385 e. The molecule has 1 aliphatic carbocycles. The topological polar surface area (TPSA) is 20.2 Å². The molecule has 0 aliphatic heterocycles. The second-order valence-electron chi connectivity index (χ2n) is 5.21. The van der Waals surface area contributed by atoms with Crippen LogP contribution in [0.15, 0.2) is 54.6 Å². The molecule has 1 aliphatic rings. The van der Waals surface area contributed by atoms with Crippen molar-refractivity contribution < 1.29 is 5.11 Å². The molecule has 1 unspecified atom stereocenters. The summed E-state index contributed by atoms with van der Waals surface area (Å²) in [4.78, 5) is 0. The van der Waals surface area contributed by atoms with Gasteiger partial charge in [0.25, 0.3) is 0 Å². The van der Waals surface area contributed by atoms with E-state index in [1.807, 2.05) is 6.08 Å². The molecule has 1 atom stereocenters. The van der Waals surface area contributed by atoms with Crippen LogP contribution in [0.25, 0.3) is 10.8 Å². The van der Waals surface area contributed by atoms with E-state index in [1.54, 1.807) is 0 Å². The molecule has 2 aromatic carbocycles. The summed E-state index contributed by atoms with van der Waals surface area (Å²) in [6, 6.07) is 14.7. The summed E-state index contributed by atoms with van der Waals surface area (Å²) in [7, 11) is 0. The molecule has 0 bridgehead atoms. The van der Waals surface area contributed by atoms with E-state index >= 15 is 0 Å². The van der Waals surface area contributed by atoms with Gasteiger partial charge < -0.3 is 5.11 Å². The van der Waals surface area contributed by atoms with Crippen LogP contribution in [0.1, 0.15) is 24.8 Å². The maximum atomic E-state index is 10.6. The van der Waals surface area contributed by atoms with Crippen molar-refractivity contribution in [1.29, 1.82) is 0 Å². The van der Waals surface area contributed by atoms with Crippen LogP contribution in [0.4, 0.5) is 0 Å². The summed E-state index contributed by atoms with van der Waals surface area (Å²) in [5, 5.41) is 13.1. The molecule has 1 nitrogen and oxygen atoms in total. The Balaban J connectivity index is 2.00. The molecule has 1 N–H and O–H groups in total. The number of hydrogen-bond donors (Lipinski definition) is 1. The zero-order chi connectivity index (χ0) is 12.4. The highest BCUT2D eigenvalue weighted by Gasteiger charge is 2.26. The van der Waals surface area contributed by atoms with Gasteiger partial charge in [-0.3, -0.25) is 0 Å². The molecular formula is C17H18O. The third kappa shape index (κ3) is 2.19. The molecule has 1 heteroatoms. The predicted molar refractivity (Wildman–Crippen MR) is 75.6 cm³/mol. The lowest BCUT2D eigenvalue weighted by Gasteiger charge is -2.28. The van der Waals surface area contributed by atoms with E-state index in [-0.39, 0.29) is 0 Å². The smallest absolute Gasteiger partial charge is 0.0868 e. The fraction of sp³-hybridized carbons (Fsp3) is 0.294. The van der Waals surface area contributed by atoms with E-state index in [0.29, 0.717) is 6.42 Å². The Bertz CT molecular complexity index is 580. The van der Waals surface area contributed by atoms with Gasteiger partial charge in [0, 0.05) is 6.42 Å². The Morgan fingerprint density at radius 1 is 1.06 bits per heavy atom. The number of allylic oxidation sites excluding steroid dienone is 1. The number of hydrogen-bond acceptors (Lipinski definition) is 1. The quantitative estimate of drug-likeness (QED) is 0.788. The zero-order valence-electron chi connectivity index (χ0n) is 10.5. The standard InChI is InChI=1S/C17H18O/c18-17(11-4-1-5-12-17)13-15-9-6-8-14-7-2-3-10-16(14)15/h2-4,6-11,18H,1,5,12-13H2. The van der Waals surface area contributed by atoms with Gasteiger partial charge in [-0.15, -0.1) is 0 Å². The molecule has 18 heavy (non-hydrogen) atoms. The first-order chi connectivity index (χ1) is 8.77. The van der Waals surface area contributed by atoms with Gasteiger partial charge in [0.05, 0.1) is 5.60 Å². The predicted octanol–water partition coefficient (Wildman–Crippen LogP) is 3.85. The highest BCUT2D eigenvalue weighted by Crippen LogP contribution is 2.29. The van der Waals surface area contributed by atoms with Crippen LogP contribution in [-0.4, -0.2) is 10.7 Å². The Labute approximate surface area is 108 Å². The number of aliphatic hydroxyl groups is 1. The number of rotatable bonds is 2. The van der Waals surface area contributed by atoms with Crippen LogP contribution in [0.2, 0.25) is 0 Å². The first kappa shape index (κ1) is 11.5. The third-order valence-corrected chi connectivity index (χ3v) is 3.79. The molecule has 0 amide bonds. The van der Waals surface area contributed by atoms with E-state index in [2.05, 4.69) is 48.5 Å². The Morgan fingerprint density at radius 3 is 2.72 bits per heavy atom. The summed E-state index contributed by atoms with van der Waals surface area (Å²) in [6.07, 6.45) is 7.85. The second kappa shape index (κ2) is 4.58. The summed E-state index contributed by atoms with van der Waals surface area (Å²) in [5.41, 5.74) is 0.588. The van der Waals surface area contributed by atoms with Crippen molar-refractivity contribution in [3.63, 3.8) is 0 Å². The highest BCUT2D eigenvalue weighted by atomic mass is 16.3. The Morgan fingerprint density at radius 2 is 1.89 bits per heavy atom. The fourth-order valence-corrected chi connectivity index (χ4v) is 2.84. The van der Waals surface area contributed by atoms with Crippen molar-refractivity contribution in [2.24, 2.45) is 0 Å². The van der Waals surface area contributed by atoms with Crippen LogP contribution >= 0.6 is 0 Å². The Kier molecular flexibility index (Phi) is 2.92. The molecule has 0 saturated carbocycles. The minimum absolute atomic E-state index is 0.650. The second-order valence-corrected chi connectivity index (χ2v) is 5.21. The molecule has 0 spiro atoms. The molecule has 0 aromatic heterocycles. The van der Waals surface area contributed by atoms with Gasteiger partial charge in [-0.05, 0) is 35.6 Å². The lowest BCUT2D eigenvalue weighted by Crippen LogP contribution is -2.30. The van der Waals surface area contributed by atoms with Crippen LogP contribution in [-0.2, 0) is 6.42 Å². The van der Waals surface area contributed by atoms with Crippen molar-refractivity contribution >= 4 is 10.8 Å². The molecule has 0 heterocycles. The maximum absolute atomic E-state index is 10.6. The average molecular weight is 238 g/mol. The summed E-state index contributed by atoms with van der Waals surface area (Å²) < 4.78 is 0. The minimum Gasteiger partial charge on any atom is -0.385 e. The van der Waals surface area contributed by atoms with Gasteiger partial charge in [0.2, 0.25) is 0 Å². The molecule has 0 radical (unpaired) electrons. The first-order valence-corrected chi connectivity index (χ1v) is 6.64. The van der Waals surface area contributed by atoms with Gasteiger partial charge in [0.1, 0.15) is 0 Å². The zero-order valence-corrected chi connectivity index (χ0v) is 10.5. The average Bonchev–Trinajstić information content (AvgIpc) is 2.40. The molecule has 2 aromatic rings. The highest BCUT2D eigenvalue weighted by molar-refractivity contribution is 5.85. The molecule has 0 saturated heterocycles. The summed E-state index contributed by atoms with van der Waals surface area (Å²) >= 11 is 0. The van der Waals surface area contributed by atoms with Crippen LogP contribution in [0, 0.1) is 0 Å². The van der Waals surface area contributed by atoms with Gasteiger partial charge in [-0.1, -0.05) is 54.6 Å². The molecule has 92 valence electrons. The van der Waals surface area contributed by atoms with Crippen molar-refractivity contribution in [2.75, 3.05) is 0 Å². The van der Waals surface area contributed by atoms with E-state index in [0.717, 1.165) is 19.3 Å². The lowest BCUT2D eigenvalue weighted by molar-refractivity contribution is 0.0754. The molecule has 0 fully saturated rings. The van der Waals surface area contributed by atoms with Gasteiger partial charge >= 0.3 is 0 Å². The monoisotopic (exact) mass is 238 g/mol. The Hall–Kier alpha value is -1.60. The maximum Gasteiger partial charge on any atom is 0.0868 e. The molecule has 3 rings (SSSR count). The minimum atomic E-state index is -0.650. The number of fused-ring (bicyclic) bond motifs is 1. The van der Waals surface area contributed by atoms with Gasteiger partial charge in [0.15, 0.2) is 0 Å². The fourth-order valence-electron chi connectivity index (χ4n) is 2.84. The van der Waals surface area contributed by atoms with Crippen molar-refractivity contribution in [1.82, 2.24) is 0 Å². The van der Waals surface area contributed by atoms with Crippen molar-refractivity contribution in [3.8, 4) is 0 Å². The van der Waals surface area contributed by atoms with Crippen molar-refractivity contribution in [2.45, 2.75) is 31.3 Å². The van der Waals surface area contributed by atoms with Gasteiger partial charge in [-0.2, -0.15) is 0 Å². The summed E-state index contributed by atoms with van der Waals surface area (Å²) in [6.45, 7) is 0. The van der Waals surface area contributed by atoms with Crippen LogP contribution in [0.3, 0.4) is 0 Å². The van der Waals surface area contributed by atoms with E-state index < -0.39 is 5.60 Å². The lowest BCUT2D eigenvalue weighted by atomic mass is 9.84. The van der Waals surface area contributed by atoms with Crippen LogP contribution in [0.5, 0.6) is 0 Å². The SMILES string of the molecule is OC1(Cc2cccc3ccccc23)C=CCCC1. The summed E-state index contributed by atoms with van der Waals surface area (Å²) in [5.74, 6) is 0. The molecular weight excluding hydrogens is 220 g/mol. The van der Waals surface area contributed by atoms with E-state index in [1.165, 1.54) is 16.3 Å². The van der Waals surface area contributed by atoms with E-state index in [4.69, 9.17) is 0 Å². The number of benzene rings is 2. The van der Waals surface area contributed by atoms with Crippen LogP contribution < -0.4 is 0 Å². The third-order valence-electron chi connectivity index (χ3n) is 3.79.